The molecule has 0 aliphatic rings. The van der Waals surface area contributed by atoms with Gasteiger partial charge < -0.3 is 10.1 Å². The fourth-order valence-corrected chi connectivity index (χ4v) is 1.21. The van der Waals surface area contributed by atoms with E-state index in [9.17, 15) is 0 Å². The van der Waals surface area contributed by atoms with Gasteiger partial charge in [0.1, 0.15) is 11.8 Å². The van der Waals surface area contributed by atoms with E-state index in [1.54, 1.807) is 19.2 Å². The zero-order valence-electron chi connectivity index (χ0n) is 9.37. The summed E-state index contributed by atoms with van der Waals surface area (Å²) >= 11 is 0. The molecule has 0 saturated carbocycles. The van der Waals surface area contributed by atoms with Gasteiger partial charge in [-0.3, -0.25) is 0 Å². The first kappa shape index (κ1) is 11.4. The molecule has 0 atom stereocenters. The molecule has 1 N–H and O–H groups in total. The van der Waals surface area contributed by atoms with Crippen molar-refractivity contribution in [3.63, 3.8) is 0 Å². The van der Waals surface area contributed by atoms with Gasteiger partial charge in [-0.05, 0) is 18.1 Å². The van der Waals surface area contributed by atoms with Gasteiger partial charge in [0.15, 0.2) is 0 Å². The minimum Gasteiger partial charge on any atom is -0.497 e. The van der Waals surface area contributed by atoms with Crippen LogP contribution in [0.3, 0.4) is 0 Å². The van der Waals surface area contributed by atoms with Crippen LogP contribution in [0.25, 0.3) is 0 Å². The molecule has 0 aromatic heterocycles. The van der Waals surface area contributed by atoms with Crippen LogP contribution in [0.2, 0.25) is 0 Å². The van der Waals surface area contributed by atoms with E-state index < -0.39 is 0 Å². The number of benzene rings is 1. The molecule has 1 aromatic rings. The summed E-state index contributed by atoms with van der Waals surface area (Å²) in [7, 11) is 1.62. The standard InChI is InChI=1S/C12H16N2O/c1-9(2)8-14-12-6-11(15-3)5-4-10(12)7-13/h4-6,9,14H,8H2,1-3H3. The summed E-state index contributed by atoms with van der Waals surface area (Å²) in [4.78, 5) is 0. The van der Waals surface area contributed by atoms with Crippen molar-refractivity contribution in [3.05, 3.63) is 23.8 Å². The number of ether oxygens (including phenoxy) is 1. The third-order valence-electron chi connectivity index (χ3n) is 2.05. The van der Waals surface area contributed by atoms with Crippen molar-refractivity contribution in [1.82, 2.24) is 0 Å². The zero-order valence-corrected chi connectivity index (χ0v) is 9.37. The highest BCUT2D eigenvalue weighted by molar-refractivity contribution is 5.60. The van der Waals surface area contributed by atoms with Gasteiger partial charge in [0.25, 0.3) is 0 Å². The predicted octanol–water partition coefficient (Wildman–Crippen LogP) is 2.63. The molecular weight excluding hydrogens is 188 g/mol. The molecule has 0 amide bonds. The monoisotopic (exact) mass is 204 g/mol. The Morgan fingerprint density at radius 2 is 2.20 bits per heavy atom. The molecule has 3 heteroatoms. The summed E-state index contributed by atoms with van der Waals surface area (Å²) in [6, 6.07) is 7.56. The smallest absolute Gasteiger partial charge is 0.121 e. The number of rotatable bonds is 4. The predicted molar refractivity (Wildman–Crippen MR) is 61.0 cm³/mol. The van der Waals surface area contributed by atoms with Gasteiger partial charge >= 0.3 is 0 Å². The normalized spacial score (nSPS) is 9.80. The van der Waals surface area contributed by atoms with Crippen molar-refractivity contribution in [2.45, 2.75) is 13.8 Å². The fourth-order valence-electron chi connectivity index (χ4n) is 1.21. The lowest BCUT2D eigenvalue weighted by atomic mass is 10.1. The van der Waals surface area contributed by atoms with Crippen LogP contribution in [-0.4, -0.2) is 13.7 Å². The average molecular weight is 204 g/mol. The van der Waals surface area contributed by atoms with E-state index in [0.29, 0.717) is 11.5 Å². The number of methoxy groups -OCH3 is 1. The summed E-state index contributed by atoms with van der Waals surface area (Å²) in [6.07, 6.45) is 0. The first-order chi connectivity index (χ1) is 7.17. The molecule has 0 heterocycles. The van der Waals surface area contributed by atoms with Gasteiger partial charge in [0, 0.05) is 12.6 Å². The van der Waals surface area contributed by atoms with Crippen LogP contribution in [0.1, 0.15) is 19.4 Å². The second-order valence-corrected chi connectivity index (χ2v) is 3.80. The maximum absolute atomic E-state index is 8.92. The van der Waals surface area contributed by atoms with Crippen molar-refractivity contribution in [1.29, 1.82) is 5.26 Å². The molecule has 3 nitrogen and oxygen atoms in total. The lowest BCUT2D eigenvalue weighted by molar-refractivity contribution is 0.415. The van der Waals surface area contributed by atoms with E-state index in [0.717, 1.165) is 18.0 Å². The van der Waals surface area contributed by atoms with E-state index >= 15 is 0 Å². The number of anilines is 1. The Kier molecular flexibility index (Phi) is 3.99. The molecule has 0 radical (unpaired) electrons. The highest BCUT2D eigenvalue weighted by Gasteiger charge is 2.04. The maximum atomic E-state index is 8.92. The SMILES string of the molecule is COc1ccc(C#N)c(NCC(C)C)c1. The van der Waals surface area contributed by atoms with Crippen LogP contribution in [-0.2, 0) is 0 Å². The molecule has 0 aliphatic heterocycles. The molecule has 0 saturated heterocycles. The van der Waals surface area contributed by atoms with Crippen LogP contribution in [0, 0.1) is 17.2 Å². The first-order valence-electron chi connectivity index (χ1n) is 4.99. The Hall–Kier alpha value is -1.69. The number of nitriles is 1. The number of nitrogens with one attached hydrogen (secondary N) is 1. The van der Waals surface area contributed by atoms with E-state index in [1.807, 2.05) is 6.07 Å². The molecule has 0 fully saturated rings. The second-order valence-electron chi connectivity index (χ2n) is 3.80. The Balaban J connectivity index is 2.87. The van der Waals surface area contributed by atoms with Gasteiger partial charge in [-0.1, -0.05) is 13.8 Å². The van der Waals surface area contributed by atoms with Crippen LogP contribution < -0.4 is 10.1 Å². The van der Waals surface area contributed by atoms with Gasteiger partial charge in [-0.2, -0.15) is 5.26 Å². The van der Waals surface area contributed by atoms with Gasteiger partial charge in [0.05, 0.1) is 18.4 Å². The van der Waals surface area contributed by atoms with Crippen LogP contribution in [0.5, 0.6) is 5.75 Å². The van der Waals surface area contributed by atoms with E-state index in [-0.39, 0.29) is 0 Å². The largest absolute Gasteiger partial charge is 0.497 e. The maximum Gasteiger partial charge on any atom is 0.121 e. The van der Waals surface area contributed by atoms with Crippen molar-refractivity contribution in [3.8, 4) is 11.8 Å². The molecule has 1 aromatic carbocycles. The molecule has 0 unspecified atom stereocenters. The highest BCUT2D eigenvalue weighted by Crippen LogP contribution is 2.21. The Morgan fingerprint density at radius 1 is 1.47 bits per heavy atom. The van der Waals surface area contributed by atoms with Crippen molar-refractivity contribution < 1.29 is 4.74 Å². The van der Waals surface area contributed by atoms with Gasteiger partial charge in [-0.25, -0.2) is 0 Å². The first-order valence-corrected chi connectivity index (χ1v) is 4.99. The number of nitrogens with zero attached hydrogens (tertiary/aromatic N) is 1. The topological polar surface area (TPSA) is 45.0 Å². The third-order valence-corrected chi connectivity index (χ3v) is 2.05. The summed E-state index contributed by atoms with van der Waals surface area (Å²) in [5, 5.41) is 12.2. The minimum atomic E-state index is 0.544. The Morgan fingerprint density at radius 3 is 2.73 bits per heavy atom. The zero-order chi connectivity index (χ0) is 11.3. The summed E-state index contributed by atoms with van der Waals surface area (Å²) in [5.41, 5.74) is 1.49. The van der Waals surface area contributed by atoms with E-state index in [4.69, 9.17) is 10.00 Å². The lowest BCUT2D eigenvalue weighted by Gasteiger charge is -2.11. The summed E-state index contributed by atoms with van der Waals surface area (Å²) < 4.78 is 5.11. The lowest BCUT2D eigenvalue weighted by Crippen LogP contribution is -2.09. The third kappa shape index (κ3) is 3.17. The molecule has 0 spiro atoms. The second kappa shape index (κ2) is 5.26. The highest BCUT2D eigenvalue weighted by atomic mass is 16.5. The van der Waals surface area contributed by atoms with E-state index in [1.165, 1.54) is 0 Å². The quantitative estimate of drug-likeness (QED) is 0.820. The Labute approximate surface area is 90.7 Å². The van der Waals surface area contributed by atoms with E-state index in [2.05, 4.69) is 25.2 Å². The molecule has 80 valence electrons. The molecule has 1 rings (SSSR count). The molecule has 15 heavy (non-hydrogen) atoms. The van der Waals surface area contributed by atoms with Crippen molar-refractivity contribution >= 4 is 5.69 Å². The summed E-state index contributed by atoms with van der Waals surface area (Å²) in [5.74, 6) is 1.31. The van der Waals surface area contributed by atoms with Gasteiger partial charge in [-0.15, -0.1) is 0 Å². The van der Waals surface area contributed by atoms with Crippen molar-refractivity contribution in [2.24, 2.45) is 5.92 Å². The van der Waals surface area contributed by atoms with Crippen molar-refractivity contribution in [2.75, 3.05) is 19.0 Å². The van der Waals surface area contributed by atoms with Crippen LogP contribution >= 0.6 is 0 Å². The summed E-state index contributed by atoms with van der Waals surface area (Å²) in [6.45, 7) is 5.10. The molecule has 0 aliphatic carbocycles. The molecule has 0 bridgehead atoms. The number of hydrogen-bond donors (Lipinski definition) is 1. The van der Waals surface area contributed by atoms with Crippen LogP contribution in [0.4, 0.5) is 5.69 Å². The minimum absolute atomic E-state index is 0.544. The average Bonchev–Trinajstić information content (AvgIpc) is 2.25. The van der Waals surface area contributed by atoms with Gasteiger partial charge in [0.2, 0.25) is 0 Å². The molecular formula is C12H16N2O. The van der Waals surface area contributed by atoms with Crippen LogP contribution in [0.15, 0.2) is 18.2 Å². The fraction of sp³-hybridized carbons (Fsp3) is 0.417. The Bertz CT molecular complexity index is 366. The number of hydrogen-bond acceptors (Lipinski definition) is 3.